The van der Waals surface area contributed by atoms with Crippen molar-refractivity contribution in [3.05, 3.63) is 36.8 Å². The molecular weight excluding hydrogens is 170 g/mol. The molecule has 1 radical (unpaired) electrons. The van der Waals surface area contributed by atoms with Crippen LogP contribution >= 0.6 is 0 Å². The molecule has 1 aromatic carbocycles. The second-order valence-corrected chi connectivity index (χ2v) is 4.03. The molecule has 0 aliphatic carbocycles. The highest BCUT2D eigenvalue weighted by Gasteiger charge is 2.15. The van der Waals surface area contributed by atoms with Gasteiger partial charge in [-0.2, -0.15) is 0 Å². The van der Waals surface area contributed by atoms with Crippen molar-refractivity contribution in [2.45, 2.75) is 38.1 Å². The van der Waals surface area contributed by atoms with Crippen molar-refractivity contribution in [1.82, 2.24) is 0 Å². The Morgan fingerprint density at radius 3 is 3.07 bits per heavy atom. The molecule has 1 unspecified atom stereocenters. The fourth-order valence-electron chi connectivity index (χ4n) is 2.11. The molecule has 0 amide bonds. The Balaban J connectivity index is 1.99. The third kappa shape index (κ3) is 2.09. The molecule has 14 heavy (non-hydrogen) atoms. The van der Waals surface area contributed by atoms with Crippen LogP contribution in [0.2, 0.25) is 0 Å². The Morgan fingerprint density at radius 1 is 1.36 bits per heavy atom. The monoisotopic (exact) mass is 188 g/mol. The van der Waals surface area contributed by atoms with E-state index in [-0.39, 0.29) is 0 Å². The molecule has 1 aliphatic rings. The first-order valence-corrected chi connectivity index (χ1v) is 5.54. The molecule has 0 fully saturated rings. The summed E-state index contributed by atoms with van der Waals surface area (Å²) in [6, 6.07) is 9.31. The van der Waals surface area contributed by atoms with Crippen LogP contribution in [-0.2, 0) is 6.42 Å². The SMILES string of the molecule is [CH2]CCCC1CCc2ccccc2N1. The van der Waals surface area contributed by atoms with Crippen molar-refractivity contribution in [1.29, 1.82) is 0 Å². The Hall–Kier alpha value is -0.980. The van der Waals surface area contributed by atoms with Gasteiger partial charge in [0.15, 0.2) is 0 Å². The van der Waals surface area contributed by atoms with Crippen molar-refractivity contribution < 1.29 is 0 Å². The molecule has 0 bridgehead atoms. The van der Waals surface area contributed by atoms with Gasteiger partial charge in [-0.1, -0.05) is 38.0 Å². The van der Waals surface area contributed by atoms with Crippen molar-refractivity contribution in [3.63, 3.8) is 0 Å². The Labute approximate surface area is 86.5 Å². The molecule has 1 nitrogen and oxygen atoms in total. The molecule has 1 aliphatic heterocycles. The van der Waals surface area contributed by atoms with Gasteiger partial charge >= 0.3 is 0 Å². The third-order valence-electron chi connectivity index (χ3n) is 2.94. The molecule has 1 heterocycles. The lowest BCUT2D eigenvalue weighted by Gasteiger charge is -2.26. The number of hydrogen-bond donors (Lipinski definition) is 1. The van der Waals surface area contributed by atoms with Gasteiger partial charge in [0, 0.05) is 11.7 Å². The molecule has 0 spiro atoms. The van der Waals surface area contributed by atoms with Crippen LogP contribution in [-0.4, -0.2) is 6.04 Å². The van der Waals surface area contributed by atoms with Crippen molar-refractivity contribution in [3.8, 4) is 0 Å². The van der Waals surface area contributed by atoms with E-state index in [0.717, 1.165) is 6.42 Å². The van der Waals surface area contributed by atoms with Crippen LogP contribution in [0, 0.1) is 6.92 Å². The highest BCUT2D eigenvalue weighted by atomic mass is 14.9. The number of hydrogen-bond acceptors (Lipinski definition) is 1. The predicted octanol–water partition coefficient (Wildman–Crippen LogP) is 3.42. The van der Waals surface area contributed by atoms with Crippen LogP contribution < -0.4 is 5.32 Å². The zero-order chi connectivity index (χ0) is 9.80. The number of aryl methyl sites for hydroxylation is 1. The van der Waals surface area contributed by atoms with Gasteiger partial charge in [0.1, 0.15) is 0 Å². The third-order valence-corrected chi connectivity index (χ3v) is 2.94. The number of benzene rings is 1. The molecule has 0 aromatic heterocycles. The van der Waals surface area contributed by atoms with Gasteiger partial charge < -0.3 is 5.32 Å². The molecule has 1 heteroatoms. The maximum absolute atomic E-state index is 3.89. The van der Waals surface area contributed by atoms with Crippen molar-refractivity contribution >= 4 is 5.69 Å². The van der Waals surface area contributed by atoms with Gasteiger partial charge in [0.05, 0.1) is 0 Å². The standard InChI is InChI=1S/C13H18N/c1-2-3-7-12-10-9-11-6-4-5-8-13(11)14-12/h4-6,8,12,14H,1-3,7,9-10H2. The fraction of sp³-hybridized carbons (Fsp3) is 0.462. The summed E-state index contributed by atoms with van der Waals surface area (Å²) in [5, 5.41) is 3.60. The normalized spacial score (nSPS) is 19.9. The van der Waals surface area contributed by atoms with E-state index in [1.54, 1.807) is 0 Å². The van der Waals surface area contributed by atoms with Gasteiger partial charge in [-0.3, -0.25) is 0 Å². The van der Waals surface area contributed by atoms with Gasteiger partial charge in [-0.15, -0.1) is 0 Å². The topological polar surface area (TPSA) is 12.0 Å². The first kappa shape index (κ1) is 9.57. The lowest BCUT2D eigenvalue weighted by molar-refractivity contribution is 0.565. The predicted molar refractivity (Wildman–Crippen MR) is 61.4 cm³/mol. The number of para-hydroxylation sites is 1. The summed E-state index contributed by atoms with van der Waals surface area (Å²) < 4.78 is 0. The lowest BCUT2D eigenvalue weighted by Crippen LogP contribution is -2.25. The molecule has 1 aromatic rings. The first-order valence-electron chi connectivity index (χ1n) is 5.54. The van der Waals surface area contributed by atoms with Crippen LogP contribution in [0.3, 0.4) is 0 Å². The average Bonchev–Trinajstić information content (AvgIpc) is 2.26. The molecule has 0 saturated carbocycles. The van der Waals surface area contributed by atoms with Crippen LogP contribution in [0.5, 0.6) is 0 Å². The smallest absolute Gasteiger partial charge is 0.0374 e. The second kappa shape index (κ2) is 4.50. The van der Waals surface area contributed by atoms with E-state index in [0.29, 0.717) is 6.04 Å². The van der Waals surface area contributed by atoms with Gasteiger partial charge in [-0.25, -0.2) is 0 Å². The van der Waals surface area contributed by atoms with Crippen LogP contribution in [0.25, 0.3) is 0 Å². The summed E-state index contributed by atoms with van der Waals surface area (Å²) in [6.07, 6.45) is 6.06. The summed E-state index contributed by atoms with van der Waals surface area (Å²) in [5.74, 6) is 0. The minimum atomic E-state index is 0.673. The van der Waals surface area contributed by atoms with Gasteiger partial charge in [-0.05, 0) is 30.9 Å². The quantitative estimate of drug-likeness (QED) is 0.766. The number of fused-ring (bicyclic) bond motifs is 1. The highest BCUT2D eigenvalue weighted by Crippen LogP contribution is 2.26. The largest absolute Gasteiger partial charge is 0.382 e. The molecule has 0 saturated heterocycles. The Bertz CT molecular complexity index is 293. The summed E-state index contributed by atoms with van der Waals surface area (Å²) >= 11 is 0. The van der Waals surface area contributed by atoms with E-state index in [1.165, 1.54) is 36.9 Å². The lowest BCUT2D eigenvalue weighted by atomic mass is 9.95. The number of nitrogens with one attached hydrogen (secondary N) is 1. The summed E-state index contributed by atoms with van der Waals surface area (Å²) in [6.45, 7) is 3.89. The zero-order valence-electron chi connectivity index (χ0n) is 8.63. The molecular formula is C13H18N. The van der Waals surface area contributed by atoms with E-state index < -0.39 is 0 Å². The minimum absolute atomic E-state index is 0.673. The zero-order valence-corrected chi connectivity index (χ0v) is 8.63. The number of anilines is 1. The van der Waals surface area contributed by atoms with E-state index in [2.05, 4.69) is 36.5 Å². The van der Waals surface area contributed by atoms with Crippen molar-refractivity contribution in [2.75, 3.05) is 5.32 Å². The average molecular weight is 188 g/mol. The van der Waals surface area contributed by atoms with Gasteiger partial charge in [0.25, 0.3) is 0 Å². The highest BCUT2D eigenvalue weighted by molar-refractivity contribution is 5.53. The Kier molecular flexibility index (Phi) is 3.07. The van der Waals surface area contributed by atoms with E-state index >= 15 is 0 Å². The summed E-state index contributed by atoms with van der Waals surface area (Å²) in [5.41, 5.74) is 2.81. The van der Waals surface area contributed by atoms with E-state index in [1.807, 2.05) is 0 Å². The summed E-state index contributed by atoms with van der Waals surface area (Å²) in [4.78, 5) is 0. The summed E-state index contributed by atoms with van der Waals surface area (Å²) in [7, 11) is 0. The fourth-order valence-corrected chi connectivity index (χ4v) is 2.11. The maximum Gasteiger partial charge on any atom is 0.0374 e. The van der Waals surface area contributed by atoms with E-state index in [9.17, 15) is 0 Å². The maximum atomic E-state index is 3.89. The van der Waals surface area contributed by atoms with Crippen LogP contribution in [0.1, 0.15) is 31.2 Å². The molecule has 1 N–H and O–H groups in total. The van der Waals surface area contributed by atoms with Gasteiger partial charge in [0.2, 0.25) is 0 Å². The van der Waals surface area contributed by atoms with Crippen LogP contribution in [0.4, 0.5) is 5.69 Å². The second-order valence-electron chi connectivity index (χ2n) is 4.03. The van der Waals surface area contributed by atoms with E-state index in [4.69, 9.17) is 0 Å². The molecule has 2 rings (SSSR count). The molecule has 75 valence electrons. The number of rotatable bonds is 3. The first-order chi connectivity index (χ1) is 6.90. The number of unbranched alkanes of at least 4 members (excludes halogenated alkanes) is 1. The Morgan fingerprint density at radius 2 is 2.21 bits per heavy atom. The molecule has 1 atom stereocenters. The van der Waals surface area contributed by atoms with Crippen LogP contribution in [0.15, 0.2) is 24.3 Å². The van der Waals surface area contributed by atoms with Crippen molar-refractivity contribution in [2.24, 2.45) is 0 Å². The minimum Gasteiger partial charge on any atom is -0.382 e.